The van der Waals surface area contributed by atoms with Gasteiger partial charge in [0.25, 0.3) is 0 Å². The van der Waals surface area contributed by atoms with Crippen LogP contribution < -0.4 is 5.32 Å². The average Bonchev–Trinajstić information content (AvgIpc) is 2.14. The molecule has 2 unspecified atom stereocenters. The van der Waals surface area contributed by atoms with Crippen molar-refractivity contribution in [1.82, 2.24) is 5.32 Å². The van der Waals surface area contributed by atoms with E-state index in [1.165, 1.54) is 32.2 Å². The van der Waals surface area contributed by atoms with Crippen LogP contribution in [0.25, 0.3) is 0 Å². The van der Waals surface area contributed by atoms with Crippen LogP contribution in [0, 0.1) is 5.92 Å². The normalized spacial score (nSPS) is 35.4. The van der Waals surface area contributed by atoms with E-state index >= 15 is 0 Å². The molecule has 60 valence electrons. The minimum Gasteiger partial charge on any atom is -0.314 e. The number of rotatable bonds is 1. The van der Waals surface area contributed by atoms with Crippen molar-refractivity contribution in [2.24, 2.45) is 5.92 Å². The molecule has 0 bridgehead atoms. The number of hydrogen-bond acceptors (Lipinski definition) is 1. The summed E-state index contributed by atoms with van der Waals surface area (Å²) in [5, 5.41) is 3.56. The molecule has 0 aromatic heterocycles. The highest BCUT2D eigenvalue weighted by molar-refractivity contribution is 4.71. The van der Waals surface area contributed by atoms with Crippen LogP contribution >= 0.6 is 0 Å². The summed E-state index contributed by atoms with van der Waals surface area (Å²) in [6, 6.07) is 0.810. The molecule has 1 saturated heterocycles. The molecule has 0 spiro atoms. The van der Waals surface area contributed by atoms with E-state index in [1.54, 1.807) is 0 Å². The maximum Gasteiger partial charge on any atom is 0.00645 e. The van der Waals surface area contributed by atoms with E-state index in [2.05, 4.69) is 19.2 Å². The topological polar surface area (TPSA) is 12.0 Å². The Kier molecular flexibility index (Phi) is 3.20. The zero-order chi connectivity index (χ0) is 7.40. The molecule has 1 N–H and O–H groups in total. The first kappa shape index (κ1) is 8.06. The highest BCUT2D eigenvalue weighted by atomic mass is 14.9. The number of nitrogens with one attached hydrogen (secondary N) is 1. The summed E-state index contributed by atoms with van der Waals surface area (Å²) in [4.78, 5) is 0. The molecular weight excluding hydrogens is 122 g/mol. The lowest BCUT2D eigenvalue weighted by Gasteiger charge is -2.11. The predicted octanol–water partition coefficient (Wildman–Crippen LogP) is 2.17. The molecule has 0 amide bonds. The minimum atomic E-state index is 0.810. The van der Waals surface area contributed by atoms with Crippen LogP contribution in [0.4, 0.5) is 0 Å². The molecule has 1 fully saturated rings. The van der Waals surface area contributed by atoms with Gasteiger partial charge < -0.3 is 5.32 Å². The molecule has 1 aliphatic heterocycles. The fraction of sp³-hybridized carbons (Fsp3) is 1.00. The van der Waals surface area contributed by atoms with E-state index in [4.69, 9.17) is 0 Å². The summed E-state index contributed by atoms with van der Waals surface area (Å²) in [6.45, 7) is 5.87. The Labute approximate surface area is 64.2 Å². The van der Waals surface area contributed by atoms with Crippen LogP contribution in [-0.2, 0) is 0 Å². The highest BCUT2D eigenvalue weighted by Crippen LogP contribution is 2.16. The second-order valence-electron chi connectivity index (χ2n) is 3.53. The maximum absolute atomic E-state index is 3.56. The molecular formula is C9H19N. The third-order valence-electron chi connectivity index (χ3n) is 2.57. The van der Waals surface area contributed by atoms with Crippen molar-refractivity contribution in [1.29, 1.82) is 0 Å². The molecule has 0 aromatic carbocycles. The van der Waals surface area contributed by atoms with Gasteiger partial charge in [-0.3, -0.25) is 0 Å². The third kappa shape index (κ3) is 2.30. The van der Waals surface area contributed by atoms with Crippen molar-refractivity contribution >= 4 is 0 Å². The quantitative estimate of drug-likeness (QED) is 0.590. The Morgan fingerprint density at radius 2 is 2.10 bits per heavy atom. The molecule has 1 heteroatoms. The smallest absolute Gasteiger partial charge is 0.00645 e. The Morgan fingerprint density at radius 1 is 1.30 bits per heavy atom. The van der Waals surface area contributed by atoms with Crippen LogP contribution in [0.1, 0.15) is 39.5 Å². The van der Waals surface area contributed by atoms with Crippen molar-refractivity contribution in [2.75, 3.05) is 6.54 Å². The van der Waals surface area contributed by atoms with Crippen molar-refractivity contribution in [2.45, 2.75) is 45.6 Å². The second-order valence-corrected chi connectivity index (χ2v) is 3.53. The molecule has 1 heterocycles. The van der Waals surface area contributed by atoms with Gasteiger partial charge in [0.05, 0.1) is 0 Å². The predicted molar refractivity (Wildman–Crippen MR) is 45.1 cm³/mol. The first-order valence-corrected chi connectivity index (χ1v) is 4.56. The lowest BCUT2D eigenvalue weighted by Crippen LogP contribution is -2.26. The molecule has 1 aliphatic rings. The van der Waals surface area contributed by atoms with Crippen LogP contribution in [-0.4, -0.2) is 12.6 Å². The van der Waals surface area contributed by atoms with Gasteiger partial charge in [-0.2, -0.15) is 0 Å². The molecule has 0 aliphatic carbocycles. The van der Waals surface area contributed by atoms with E-state index in [0.717, 1.165) is 12.0 Å². The van der Waals surface area contributed by atoms with Crippen LogP contribution in [0.2, 0.25) is 0 Å². The summed E-state index contributed by atoms with van der Waals surface area (Å²) in [5.74, 6) is 0.948. The number of hydrogen-bond donors (Lipinski definition) is 1. The van der Waals surface area contributed by atoms with Gasteiger partial charge >= 0.3 is 0 Å². The molecule has 0 saturated carbocycles. The Morgan fingerprint density at radius 3 is 2.80 bits per heavy atom. The molecule has 0 radical (unpaired) electrons. The van der Waals surface area contributed by atoms with Gasteiger partial charge in [-0.15, -0.1) is 0 Å². The SMILES string of the molecule is CCC1CCC(C)CCN1. The van der Waals surface area contributed by atoms with E-state index in [-0.39, 0.29) is 0 Å². The fourth-order valence-electron chi connectivity index (χ4n) is 1.61. The van der Waals surface area contributed by atoms with E-state index < -0.39 is 0 Å². The Hall–Kier alpha value is -0.0400. The summed E-state index contributed by atoms with van der Waals surface area (Å²) in [5.41, 5.74) is 0. The molecule has 1 nitrogen and oxygen atoms in total. The van der Waals surface area contributed by atoms with Gasteiger partial charge in [-0.05, 0) is 38.1 Å². The monoisotopic (exact) mass is 141 g/mol. The summed E-state index contributed by atoms with van der Waals surface area (Å²) < 4.78 is 0. The molecule has 0 aromatic rings. The van der Waals surface area contributed by atoms with Gasteiger partial charge in [0.15, 0.2) is 0 Å². The molecule has 2 atom stereocenters. The zero-order valence-electron chi connectivity index (χ0n) is 7.19. The minimum absolute atomic E-state index is 0.810. The van der Waals surface area contributed by atoms with Gasteiger partial charge in [0, 0.05) is 6.04 Å². The van der Waals surface area contributed by atoms with Gasteiger partial charge in [-0.1, -0.05) is 13.8 Å². The van der Waals surface area contributed by atoms with Gasteiger partial charge in [0.2, 0.25) is 0 Å². The van der Waals surface area contributed by atoms with Crippen LogP contribution in [0.3, 0.4) is 0 Å². The zero-order valence-corrected chi connectivity index (χ0v) is 7.19. The van der Waals surface area contributed by atoms with Gasteiger partial charge in [0.1, 0.15) is 0 Å². The standard InChI is InChI=1S/C9H19N/c1-3-9-5-4-8(2)6-7-10-9/h8-10H,3-7H2,1-2H3. The second kappa shape index (κ2) is 3.97. The maximum atomic E-state index is 3.56. The summed E-state index contributed by atoms with van der Waals surface area (Å²) in [6.07, 6.45) is 5.48. The summed E-state index contributed by atoms with van der Waals surface area (Å²) in [7, 11) is 0. The first-order chi connectivity index (χ1) is 4.83. The van der Waals surface area contributed by atoms with Crippen molar-refractivity contribution in [3.05, 3.63) is 0 Å². The average molecular weight is 141 g/mol. The Bertz CT molecular complexity index is 90.7. The molecule has 1 rings (SSSR count). The van der Waals surface area contributed by atoms with Crippen LogP contribution in [0.5, 0.6) is 0 Å². The first-order valence-electron chi connectivity index (χ1n) is 4.56. The van der Waals surface area contributed by atoms with Crippen molar-refractivity contribution in [3.8, 4) is 0 Å². The van der Waals surface area contributed by atoms with Crippen LogP contribution in [0.15, 0.2) is 0 Å². The highest BCUT2D eigenvalue weighted by Gasteiger charge is 2.12. The van der Waals surface area contributed by atoms with Crippen molar-refractivity contribution < 1.29 is 0 Å². The lowest BCUT2D eigenvalue weighted by atomic mass is 10.0. The van der Waals surface area contributed by atoms with Crippen molar-refractivity contribution in [3.63, 3.8) is 0 Å². The fourth-order valence-corrected chi connectivity index (χ4v) is 1.61. The van der Waals surface area contributed by atoms with E-state index in [1.807, 2.05) is 0 Å². The summed E-state index contributed by atoms with van der Waals surface area (Å²) >= 11 is 0. The van der Waals surface area contributed by atoms with E-state index in [0.29, 0.717) is 0 Å². The largest absolute Gasteiger partial charge is 0.314 e. The van der Waals surface area contributed by atoms with E-state index in [9.17, 15) is 0 Å². The van der Waals surface area contributed by atoms with Gasteiger partial charge in [-0.25, -0.2) is 0 Å². The molecule has 10 heavy (non-hydrogen) atoms. The lowest BCUT2D eigenvalue weighted by molar-refractivity contribution is 0.481. The third-order valence-corrected chi connectivity index (χ3v) is 2.57. The Balaban J connectivity index is 2.26.